The summed E-state index contributed by atoms with van der Waals surface area (Å²) in [7, 11) is 0. The van der Waals surface area contributed by atoms with Crippen LogP contribution >= 0.6 is 15.9 Å². The van der Waals surface area contributed by atoms with Crippen molar-refractivity contribution in [2.75, 3.05) is 6.61 Å². The van der Waals surface area contributed by atoms with E-state index in [0.29, 0.717) is 12.5 Å². The van der Waals surface area contributed by atoms with Crippen LogP contribution in [-0.2, 0) is 9.63 Å². The molecule has 0 rings (SSSR count). The molecular formula is C7H10BrNO2. The van der Waals surface area contributed by atoms with Gasteiger partial charge in [0.25, 0.3) is 0 Å². The number of nitrogens with one attached hydrogen (secondary N) is 1. The number of amides is 1. The average molecular weight is 220 g/mol. The van der Waals surface area contributed by atoms with Gasteiger partial charge < -0.3 is 0 Å². The van der Waals surface area contributed by atoms with E-state index in [1.165, 1.54) is 0 Å². The Bertz CT molecular complexity index is 181. The highest BCUT2D eigenvalue weighted by Gasteiger charge is 1.96. The van der Waals surface area contributed by atoms with Crippen molar-refractivity contribution in [3.63, 3.8) is 0 Å². The Morgan fingerprint density at radius 2 is 2.36 bits per heavy atom. The molecule has 0 saturated heterocycles. The van der Waals surface area contributed by atoms with Crippen LogP contribution in [0.1, 0.15) is 13.8 Å². The van der Waals surface area contributed by atoms with E-state index in [2.05, 4.69) is 32.2 Å². The Morgan fingerprint density at radius 3 is 2.82 bits per heavy atom. The Labute approximate surface area is 74.6 Å². The lowest BCUT2D eigenvalue weighted by Crippen LogP contribution is -2.23. The van der Waals surface area contributed by atoms with Crippen LogP contribution in [-0.4, -0.2) is 12.5 Å². The van der Waals surface area contributed by atoms with Crippen LogP contribution in [0.3, 0.4) is 0 Å². The normalized spacial score (nSPS) is 8.73. The van der Waals surface area contributed by atoms with Crippen LogP contribution in [0.5, 0.6) is 0 Å². The molecule has 4 heteroatoms. The first-order chi connectivity index (χ1) is 5.16. The molecule has 1 N–H and O–H groups in total. The quantitative estimate of drug-likeness (QED) is 0.570. The van der Waals surface area contributed by atoms with Crippen molar-refractivity contribution >= 4 is 21.8 Å². The fourth-order valence-corrected chi connectivity index (χ4v) is 0.522. The van der Waals surface area contributed by atoms with E-state index < -0.39 is 5.91 Å². The lowest BCUT2D eigenvalue weighted by Gasteiger charge is -2.03. The van der Waals surface area contributed by atoms with Crippen LogP contribution in [0, 0.1) is 16.7 Å². The molecule has 1 amide bonds. The molecule has 0 aliphatic rings. The molecule has 0 heterocycles. The molecule has 0 saturated carbocycles. The number of rotatable bonds is 3. The molecule has 0 aliphatic carbocycles. The molecule has 0 aromatic carbocycles. The minimum Gasteiger partial charge on any atom is -0.273 e. The van der Waals surface area contributed by atoms with Gasteiger partial charge in [0.1, 0.15) is 0 Å². The third-order valence-corrected chi connectivity index (χ3v) is 0.941. The number of hydrogen-bond acceptors (Lipinski definition) is 2. The van der Waals surface area contributed by atoms with Crippen LogP contribution in [0.4, 0.5) is 0 Å². The van der Waals surface area contributed by atoms with E-state index in [9.17, 15) is 4.79 Å². The van der Waals surface area contributed by atoms with Gasteiger partial charge in [-0.2, -0.15) is 0 Å². The zero-order valence-corrected chi connectivity index (χ0v) is 8.06. The van der Waals surface area contributed by atoms with Gasteiger partial charge in [0.15, 0.2) is 0 Å². The van der Waals surface area contributed by atoms with Crippen molar-refractivity contribution in [1.82, 2.24) is 5.48 Å². The first-order valence-corrected chi connectivity index (χ1v) is 3.99. The molecule has 62 valence electrons. The number of hydrogen-bond donors (Lipinski definition) is 1. The largest absolute Gasteiger partial charge is 0.320 e. The Morgan fingerprint density at radius 1 is 1.73 bits per heavy atom. The van der Waals surface area contributed by atoms with Gasteiger partial charge >= 0.3 is 5.91 Å². The molecule has 11 heavy (non-hydrogen) atoms. The van der Waals surface area contributed by atoms with Gasteiger partial charge in [-0.05, 0) is 10.7 Å². The summed E-state index contributed by atoms with van der Waals surface area (Å²) < 4.78 is 0. The van der Waals surface area contributed by atoms with Crippen molar-refractivity contribution < 1.29 is 9.63 Å². The summed E-state index contributed by atoms with van der Waals surface area (Å²) in [6.45, 7) is 4.47. The lowest BCUT2D eigenvalue weighted by atomic mass is 10.2. The second-order valence-corrected chi connectivity index (χ2v) is 2.75. The van der Waals surface area contributed by atoms with Gasteiger partial charge in [0.2, 0.25) is 0 Å². The van der Waals surface area contributed by atoms with Gasteiger partial charge in [-0.15, -0.1) is 0 Å². The van der Waals surface area contributed by atoms with Gasteiger partial charge in [-0.3, -0.25) is 9.63 Å². The molecule has 0 aromatic heterocycles. The first-order valence-electron chi connectivity index (χ1n) is 3.20. The van der Waals surface area contributed by atoms with Crippen LogP contribution in [0.15, 0.2) is 0 Å². The van der Waals surface area contributed by atoms with E-state index in [0.717, 1.165) is 0 Å². The van der Waals surface area contributed by atoms with Gasteiger partial charge in [-0.1, -0.05) is 13.8 Å². The summed E-state index contributed by atoms with van der Waals surface area (Å²) in [5.41, 5.74) is 2.17. The molecule has 0 spiro atoms. The van der Waals surface area contributed by atoms with E-state index in [1.54, 1.807) is 0 Å². The maximum atomic E-state index is 10.6. The minimum absolute atomic E-state index is 0.396. The van der Waals surface area contributed by atoms with Crippen LogP contribution in [0.25, 0.3) is 0 Å². The smallest absolute Gasteiger partial charge is 0.273 e. The molecule has 0 unspecified atom stereocenters. The van der Waals surface area contributed by atoms with E-state index in [1.807, 2.05) is 13.8 Å². The number of carbonyl (C=O) groups is 1. The molecule has 0 bridgehead atoms. The highest BCUT2D eigenvalue weighted by molar-refractivity contribution is 9.12. The first kappa shape index (κ1) is 10.5. The highest BCUT2D eigenvalue weighted by atomic mass is 79.9. The summed E-state index contributed by atoms with van der Waals surface area (Å²) in [6, 6.07) is 0. The van der Waals surface area contributed by atoms with E-state index in [-0.39, 0.29) is 0 Å². The van der Waals surface area contributed by atoms with E-state index >= 15 is 0 Å². The van der Waals surface area contributed by atoms with Crippen molar-refractivity contribution in [1.29, 1.82) is 0 Å². The summed E-state index contributed by atoms with van der Waals surface area (Å²) >= 11 is 2.79. The fraction of sp³-hybridized carbons (Fsp3) is 0.571. The van der Waals surface area contributed by atoms with Gasteiger partial charge in [-0.25, -0.2) is 5.48 Å². The zero-order chi connectivity index (χ0) is 8.69. The third kappa shape index (κ3) is 7.37. The highest BCUT2D eigenvalue weighted by Crippen LogP contribution is 1.89. The topological polar surface area (TPSA) is 38.3 Å². The molecule has 0 fully saturated rings. The number of halogens is 1. The Kier molecular flexibility index (Phi) is 5.90. The standard InChI is InChI=1S/C7H10BrNO2/c1-6(2)5-11-9-7(10)3-4-8/h6H,5H2,1-2H3,(H,9,10). The maximum Gasteiger partial charge on any atom is 0.320 e. The number of hydroxylamine groups is 1. The Hall–Kier alpha value is -0.530. The summed E-state index contributed by atoms with van der Waals surface area (Å²) in [5, 5.41) is 0. The summed E-state index contributed by atoms with van der Waals surface area (Å²) in [5.74, 6) is 2.16. The third-order valence-electron chi connectivity index (χ3n) is 0.742. The fourth-order valence-electron chi connectivity index (χ4n) is 0.342. The van der Waals surface area contributed by atoms with Gasteiger partial charge in [0, 0.05) is 21.9 Å². The summed E-state index contributed by atoms with van der Waals surface area (Å²) in [6.07, 6.45) is 0. The monoisotopic (exact) mass is 219 g/mol. The van der Waals surface area contributed by atoms with Crippen molar-refractivity contribution in [2.24, 2.45) is 5.92 Å². The molecule has 3 nitrogen and oxygen atoms in total. The van der Waals surface area contributed by atoms with Crippen LogP contribution < -0.4 is 5.48 Å². The SMILES string of the molecule is CC(C)CONC(=O)C#CBr. The maximum absolute atomic E-state index is 10.6. The average Bonchev–Trinajstić information content (AvgIpc) is 1.87. The van der Waals surface area contributed by atoms with Crippen LogP contribution in [0.2, 0.25) is 0 Å². The predicted octanol–water partition coefficient (Wildman–Crippen LogP) is 1.05. The second kappa shape index (κ2) is 6.20. The summed E-state index contributed by atoms with van der Waals surface area (Å²) in [4.78, 5) is 17.6. The Balaban J connectivity index is 3.37. The molecular weight excluding hydrogens is 210 g/mol. The predicted molar refractivity (Wildman–Crippen MR) is 45.6 cm³/mol. The van der Waals surface area contributed by atoms with Crippen molar-refractivity contribution in [2.45, 2.75) is 13.8 Å². The lowest BCUT2D eigenvalue weighted by molar-refractivity contribution is -0.128. The number of carbonyl (C=O) groups excluding carboxylic acids is 1. The molecule has 0 atom stereocenters. The van der Waals surface area contributed by atoms with Gasteiger partial charge in [0.05, 0.1) is 6.61 Å². The minimum atomic E-state index is -0.442. The van der Waals surface area contributed by atoms with E-state index in [4.69, 9.17) is 4.84 Å². The molecule has 0 radical (unpaired) electrons. The van der Waals surface area contributed by atoms with Crippen molar-refractivity contribution in [3.8, 4) is 10.8 Å². The molecule has 0 aliphatic heterocycles. The second-order valence-electron chi connectivity index (χ2n) is 2.36. The zero-order valence-electron chi connectivity index (χ0n) is 6.48. The van der Waals surface area contributed by atoms with Crippen molar-refractivity contribution in [3.05, 3.63) is 0 Å². The molecule has 0 aromatic rings.